The number of phosphoric acid groups is 1. The van der Waals surface area contributed by atoms with Crippen molar-refractivity contribution in [3.8, 4) is 33.9 Å². The van der Waals surface area contributed by atoms with Gasteiger partial charge in [0.25, 0.3) is 0 Å². The fourth-order valence-corrected chi connectivity index (χ4v) is 5.12. The highest BCUT2D eigenvalue weighted by atomic mass is 32.1. The minimum atomic E-state index is -4.88. The number of phenols is 1. The number of carboxylic acid groups (broad SMARTS) is 1. The third kappa shape index (κ3) is 6.59. The molecule has 13 heteroatoms. The van der Waals surface area contributed by atoms with Crippen LogP contribution in [0.2, 0.25) is 0 Å². The molecule has 0 radical (unpaired) electrons. The smallest absolute Gasteiger partial charge is 0.336 e. The van der Waals surface area contributed by atoms with Crippen LogP contribution in [0.1, 0.15) is 15.9 Å². The zero-order valence-corrected chi connectivity index (χ0v) is 23.3. The van der Waals surface area contributed by atoms with E-state index in [0.29, 0.717) is 40.7 Å². The lowest BCUT2D eigenvalue weighted by molar-refractivity contribution is -0.211. The topological polar surface area (TPSA) is 181 Å². The van der Waals surface area contributed by atoms with Crippen LogP contribution in [-0.4, -0.2) is 32.7 Å². The third-order valence-corrected chi connectivity index (χ3v) is 6.99. The van der Waals surface area contributed by atoms with E-state index in [1.165, 1.54) is 42.5 Å². The summed E-state index contributed by atoms with van der Waals surface area (Å²) in [6.07, 6.45) is 0.523. The summed E-state index contributed by atoms with van der Waals surface area (Å²) in [7, 11) is -4.88. The molecule has 0 saturated heterocycles. The zero-order chi connectivity index (χ0) is 30.0. The summed E-state index contributed by atoms with van der Waals surface area (Å²) in [6, 6.07) is 19.6. The Hall–Kier alpha value is -4.74. The molecule has 0 bridgehead atoms. The highest BCUT2D eigenvalue weighted by molar-refractivity contribution is 7.80. The number of hydrogen-bond acceptors (Lipinski definition) is 8. The van der Waals surface area contributed by atoms with Crippen molar-refractivity contribution < 1.29 is 38.3 Å². The number of nitrogens with one attached hydrogen (secondary N) is 2. The highest BCUT2D eigenvalue weighted by Gasteiger charge is 2.22. The summed E-state index contributed by atoms with van der Waals surface area (Å²) in [6.45, 7) is 0.413. The van der Waals surface area contributed by atoms with Crippen molar-refractivity contribution >= 4 is 47.8 Å². The number of rotatable bonds is 8. The van der Waals surface area contributed by atoms with E-state index in [4.69, 9.17) is 21.5 Å². The van der Waals surface area contributed by atoms with Crippen LogP contribution < -0.4 is 25.5 Å². The minimum Gasteiger partial charge on any atom is -0.746 e. The fourth-order valence-electron chi connectivity index (χ4n) is 4.51. The molecule has 1 unspecified atom stereocenters. The second-order valence-corrected chi connectivity index (χ2v) is 10.7. The number of phosphoric ester groups is 1. The highest BCUT2D eigenvalue weighted by Crippen LogP contribution is 2.42. The molecule has 1 aliphatic carbocycles. The molecule has 3 aromatic rings. The third-order valence-electron chi connectivity index (χ3n) is 6.30. The van der Waals surface area contributed by atoms with Gasteiger partial charge in [-0.2, -0.15) is 0 Å². The maximum Gasteiger partial charge on any atom is 0.336 e. The number of carbonyl (C=O) groups is 1. The summed E-state index contributed by atoms with van der Waals surface area (Å²) in [4.78, 5) is 44.0. The number of benzene rings is 4. The van der Waals surface area contributed by atoms with Gasteiger partial charge in [-0.3, -0.25) is 9.36 Å². The molecule has 1 atom stereocenters. The van der Waals surface area contributed by atoms with Crippen molar-refractivity contribution in [1.29, 1.82) is 0 Å². The Morgan fingerprint density at radius 1 is 1.00 bits per heavy atom. The molecule has 3 aromatic carbocycles. The van der Waals surface area contributed by atoms with Crippen LogP contribution in [-0.2, 0) is 11.0 Å². The van der Waals surface area contributed by atoms with Gasteiger partial charge in [-0.15, -0.1) is 0 Å². The van der Waals surface area contributed by atoms with Crippen molar-refractivity contribution in [3.63, 3.8) is 0 Å². The Bertz CT molecular complexity index is 1900. The largest absolute Gasteiger partial charge is 0.746 e. The Morgan fingerprint density at radius 2 is 1.74 bits per heavy atom. The number of anilines is 1. The van der Waals surface area contributed by atoms with Crippen LogP contribution in [0.25, 0.3) is 33.4 Å². The van der Waals surface area contributed by atoms with Gasteiger partial charge in [0.1, 0.15) is 22.8 Å². The van der Waals surface area contributed by atoms with Crippen LogP contribution in [0.3, 0.4) is 0 Å². The monoisotopic (exact) mass is 605 g/mol. The maximum absolute atomic E-state index is 12.4. The molecule has 0 saturated carbocycles. The number of aromatic carboxylic acids is 1. The molecular weight excluding hydrogens is 583 g/mol. The van der Waals surface area contributed by atoms with Gasteiger partial charge < -0.3 is 39.6 Å². The normalized spacial score (nSPS) is 12.5. The Morgan fingerprint density at radius 3 is 2.45 bits per heavy atom. The predicted molar refractivity (Wildman–Crippen MR) is 158 cm³/mol. The zero-order valence-electron chi connectivity index (χ0n) is 21.6. The van der Waals surface area contributed by atoms with Crippen LogP contribution in [0.4, 0.5) is 5.69 Å². The van der Waals surface area contributed by atoms with E-state index < -0.39 is 13.8 Å². The van der Waals surface area contributed by atoms with E-state index in [9.17, 15) is 29.3 Å². The van der Waals surface area contributed by atoms with Crippen molar-refractivity contribution in [2.75, 3.05) is 11.9 Å². The van der Waals surface area contributed by atoms with Crippen molar-refractivity contribution in [2.45, 2.75) is 6.42 Å². The summed E-state index contributed by atoms with van der Waals surface area (Å²) in [5.41, 5.74) is 2.70. The first-order valence-corrected chi connectivity index (χ1v) is 14.3. The summed E-state index contributed by atoms with van der Waals surface area (Å²) < 4.78 is 21.1. The quantitative estimate of drug-likeness (QED) is 0.0960. The van der Waals surface area contributed by atoms with Crippen molar-refractivity contribution in [3.05, 3.63) is 100 Å². The molecule has 0 fully saturated rings. The molecule has 1 heterocycles. The number of thiocarbonyl (C=S) groups is 1. The van der Waals surface area contributed by atoms with Gasteiger partial charge in [0.05, 0.1) is 5.56 Å². The molecular formula is C29H22N2O9PS-. The molecule has 2 aliphatic rings. The number of carboxylic acids is 1. The van der Waals surface area contributed by atoms with Gasteiger partial charge in [0.2, 0.25) is 0 Å². The molecule has 5 N–H and O–H groups in total. The Labute approximate surface area is 243 Å². The minimum absolute atomic E-state index is 0.0124. The summed E-state index contributed by atoms with van der Waals surface area (Å²) in [5, 5.41) is 26.9. The van der Waals surface area contributed by atoms with Gasteiger partial charge in [0, 0.05) is 40.9 Å². The average Bonchev–Trinajstić information content (AvgIpc) is 2.92. The molecule has 0 amide bonds. The SMILES string of the molecule is O=C(O)c1cc(NC(=S)NCCc2ccc(OP(=O)([O-])O)cc2)ccc1-c1c2ccc(=O)cc-2oc2cc(O)ccc12. The van der Waals surface area contributed by atoms with Crippen LogP contribution in [0.15, 0.2) is 88.1 Å². The lowest BCUT2D eigenvalue weighted by Gasteiger charge is -2.18. The lowest BCUT2D eigenvalue weighted by atomic mass is 9.90. The second kappa shape index (κ2) is 11.6. The molecule has 0 spiro atoms. The van der Waals surface area contributed by atoms with Crippen molar-refractivity contribution in [1.82, 2.24) is 5.32 Å². The number of hydrogen-bond donors (Lipinski definition) is 5. The molecule has 42 heavy (non-hydrogen) atoms. The van der Waals surface area contributed by atoms with E-state index in [0.717, 1.165) is 5.56 Å². The maximum atomic E-state index is 12.4. The Kier molecular flexibility index (Phi) is 7.97. The number of fused-ring (bicyclic) bond motifs is 2. The Balaban J connectivity index is 1.36. The lowest BCUT2D eigenvalue weighted by Crippen LogP contribution is -2.30. The summed E-state index contributed by atoms with van der Waals surface area (Å²) in [5.74, 6) is -0.991. The first-order valence-electron chi connectivity index (χ1n) is 12.4. The molecule has 214 valence electrons. The number of aromatic hydroxyl groups is 1. The number of phenolic OH excluding ortho intramolecular Hbond substituents is 1. The second-order valence-electron chi connectivity index (χ2n) is 9.22. The fraction of sp³-hybridized carbons (Fsp3) is 0.0690. The van der Waals surface area contributed by atoms with Crippen LogP contribution in [0, 0.1) is 0 Å². The molecule has 0 aromatic heterocycles. The van der Waals surface area contributed by atoms with E-state index in [1.54, 1.807) is 36.4 Å². The molecule has 11 nitrogen and oxygen atoms in total. The standard InChI is InChI=1S/C29H23N2O9PS/c32-18-4-9-22-25(14-18)39-26-15-19(33)5-10-23(26)27(22)21-8-3-17(13-24(21)28(34)35)31-29(42)30-12-11-16-1-6-20(7-2-16)40-41(36,37)38/h1-10,13-15,32H,11-12H2,(H,34,35)(H2,30,31,42)(H2,36,37,38)/p-1. The van der Waals surface area contributed by atoms with E-state index in [1.807, 2.05) is 0 Å². The van der Waals surface area contributed by atoms with Crippen molar-refractivity contribution in [2.24, 2.45) is 0 Å². The van der Waals surface area contributed by atoms with Gasteiger partial charge in [-0.1, -0.05) is 18.2 Å². The van der Waals surface area contributed by atoms with Gasteiger partial charge >= 0.3 is 13.8 Å². The van der Waals surface area contributed by atoms with Gasteiger partial charge in [0.15, 0.2) is 10.5 Å². The molecule has 1 aliphatic heterocycles. The van der Waals surface area contributed by atoms with Gasteiger partial charge in [-0.25, -0.2) is 4.79 Å². The first-order chi connectivity index (χ1) is 20.0. The predicted octanol–water partition coefficient (Wildman–Crippen LogP) is 4.34. The summed E-state index contributed by atoms with van der Waals surface area (Å²) >= 11 is 5.37. The van der Waals surface area contributed by atoms with Crippen LogP contribution in [0.5, 0.6) is 11.5 Å². The van der Waals surface area contributed by atoms with E-state index in [-0.39, 0.29) is 38.9 Å². The van der Waals surface area contributed by atoms with Gasteiger partial charge in [-0.05, 0) is 78.3 Å². The first kappa shape index (κ1) is 28.8. The van der Waals surface area contributed by atoms with E-state index >= 15 is 0 Å². The van der Waals surface area contributed by atoms with E-state index in [2.05, 4.69) is 15.2 Å². The molecule has 5 rings (SSSR count). The van der Waals surface area contributed by atoms with Crippen LogP contribution >= 0.6 is 20.0 Å². The average molecular weight is 606 g/mol.